The highest BCUT2D eigenvalue weighted by Gasteiger charge is 2.33. The van der Waals surface area contributed by atoms with Crippen molar-refractivity contribution in [3.05, 3.63) is 52.8 Å². The number of phenols is 1. The zero-order chi connectivity index (χ0) is 24.2. The lowest BCUT2D eigenvalue weighted by Gasteiger charge is -2.31. The minimum Gasteiger partial charge on any atom is -0.507 e. The predicted molar refractivity (Wildman–Crippen MR) is 125 cm³/mol. The Morgan fingerprint density at radius 1 is 1.24 bits per heavy atom. The number of benzene rings is 2. The Morgan fingerprint density at radius 3 is 2.79 bits per heavy atom. The summed E-state index contributed by atoms with van der Waals surface area (Å²) in [6.07, 6.45) is 3.24. The number of ether oxygens (including phenoxy) is 4. The average Bonchev–Trinajstić information content (AvgIpc) is 3.16. The number of Topliss-reactive ketones (excluding diaryl/α,β-unsaturated/α-hetero) is 1. The third-order valence-electron chi connectivity index (χ3n) is 6.14. The van der Waals surface area contributed by atoms with Gasteiger partial charge in [-0.05, 0) is 50.6 Å². The molecule has 2 aliphatic heterocycles. The van der Waals surface area contributed by atoms with Gasteiger partial charge >= 0.3 is 5.97 Å². The maximum atomic E-state index is 13.1. The van der Waals surface area contributed by atoms with E-state index in [0.29, 0.717) is 53.6 Å². The standard InChI is InChI=1S/C26H29NO7/c1-4-33-26(30)17-8-6-12-27(14-17)15-19-20(28)11-10-18-23(29)22(34-25(18)19)13-16-7-5-9-21(31-2)24(16)32-3/h5,7,9-11,13,17,28H,4,6,8,12,14-15H2,1-3H3/b22-13-. The summed E-state index contributed by atoms with van der Waals surface area (Å²) in [4.78, 5) is 27.4. The van der Waals surface area contributed by atoms with E-state index >= 15 is 0 Å². The quantitative estimate of drug-likeness (QED) is 0.485. The van der Waals surface area contributed by atoms with Crippen LogP contribution >= 0.6 is 0 Å². The number of fused-ring (bicyclic) bond motifs is 1. The van der Waals surface area contributed by atoms with Crippen LogP contribution in [0.5, 0.6) is 23.0 Å². The van der Waals surface area contributed by atoms with Crippen LogP contribution in [-0.4, -0.2) is 55.7 Å². The Morgan fingerprint density at radius 2 is 2.06 bits per heavy atom. The molecule has 8 nitrogen and oxygen atoms in total. The van der Waals surface area contributed by atoms with E-state index in [1.807, 2.05) is 0 Å². The van der Waals surface area contributed by atoms with E-state index in [2.05, 4.69) is 4.90 Å². The summed E-state index contributed by atoms with van der Waals surface area (Å²) < 4.78 is 22.0. The monoisotopic (exact) mass is 467 g/mol. The first-order valence-electron chi connectivity index (χ1n) is 11.4. The summed E-state index contributed by atoms with van der Waals surface area (Å²) in [5.41, 5.74) is 1.55. The smallest absolute Gasteiger partial charge is 0.310 e. The molecule has 2 aromatic rings. The zero-order valence-electron chi connectivity index (χ0n) is 19.6. The van der Waals surface area contributed by atoms with Gasteiger partial charge in [0.1, 0.15) is 11.5 Å². The van der Waals surface area contributed by atoms with E-state index < -0.39 is 0 Å². The molecule has 0 radical (unpaired) electrons. The first-order chi connectivity index (χ1) is 16.5. The van der Waals surface area contributed by atoms with Crippen LogP contribution in [0.1, 0.15) is 41.3 Å². The molecule has 2 aliphatic rings. The number of aromatic hydroxyl groups is 1. The summed E-state index contributed by atoms with van der Waals surface area (Å²) in [6.45, 7) is 3.81. The SMILES string of the molecule is CCOC(=O)C1CCCN(Cc2c(O)ccc3c2O/C(=C\c2cccc(OC)c2OC)C3=O)C1. The lowest BCUT2D eigenvalue weighted by Crippen LogP contribution is -2.39. The molecule has 2 aromatic carbocycles. The number of allylic oxidation sites excluding steroid dienone is 1. The highest BCUT2D eigenvalue weighted by molar-refractivity contribution is 6.15. The summed E-state index contributed by atoms with van der Waals surface area (Å²) in [5, 5.41) is 10.6. The minimum atomic E-state index is -0.274. The van der Waals surface area contributed by atoms with Crippen LogP contribution in [0.3, 0.4) is 0 Å². The molecule has 180 valence electrons. The molecule has 0 aliphatic carbocycles. The van der Waals surface area contributed by atoms with Crippen molar-refractivity contribution < 1.29 is 33.6 Å². The predicted octanol–water partition coefficient (Wildman–Crippen LogP) is 3.80. The maximum absolute atomic E-state index is 13.1. The van der Waals surface area contributed by atoms with Crippen LogP contribution in [-0.2, 0) is 16.1 Å². The van der Waals surface area contributed by atoms with Gasteiger partial charge in [-0.1, -0.05) is 12.1 Å². The van der Waals surface area contributed by atoms with Gasteiger partial charge in [0.15, 0.2) is 17.3 Å². The third-order valence-corrected chi connectivity index (χ3v) is 6.14. The Kier molecular flexibility index (Phi) is 7.07. The summed E-state index contributed by atoms with van der Waals surface area (Å²) in [7, 11) is 3.08. The molecular formula is C26H29NO7. The fourth-order valence-electron chi connectivity index (χ4n) is 4.49. The van der Waals surface area contributed by atoms with Crippen molar-refractivity contribution in [1.29, 1.82) is 0 Å². The molecule has 1 saturated heterocycles. The highest BCUT2D eigenvalue weighted by atomic mass is 16.5. The van der Waals surface area contributed by atoms with Gasteiger partial charge in [-0.25, -0.2) is 0 Å². The molecule has 4 rings (SSSR count). The van der Waals surface area contributed by atoms with Crippen molar-refractivity contribution in [2.75, 3.05) is 33.9 Å². The van der Waals surface area contributed by atoms with Gasteiger partial charge in [0.25, 0.3) is 0 Å². The van der Waals surface area contributed by atoms with E-state index in [1.54, 1.807) is 44.4 Å². The molecule has 1 atom stereocenters. The van der Waals surface area contributed by atoms with Crippen molar-refractivity contribution in [3.63, 3.8) is 0 Å². The van der Waals surface area contributed by atoms with Crippen LogP contribution in [0.2, 0.25) is 0 Å². The topological polar surface area (TPSA) is 94.5 Å². The van der Waals surface area contributed by atoms with E-state index in [0.717, 1.165) is 19.4 Å². The van der Waals surface area contributed by atoms with Crippen LogP contribution in [0.15, 0.2) is 36.1 Å². The Bertz CT molecular complexity index is 1120. The molecule has 1 unspecified atom stereocenters. The Labute approximate surface area is 198 Å². The fraction of sp³-hybridized carbons (Fsp3) is 0.385. The summed E-state index contributed by atoms with van der Waals surface area (Å²) in [5.74, 6) is 0.886. The molecule has 0 saturated carbocycles. The van der Waals surface area contributed by atoms with Crippen LogP contribution < -0.4 is 14.2 Å². The molecule has 0 amide bonds. The molecule has 2 heterocycles. The Balaban J connectivity index is 1.60. The molecule has 0 aromatic heterocycles. The number of carbonyl (C=O) groups excluding carboxylic acids is 2. The normalized spacial score (nSPS) is 19.0. The molecule has 1 N–H and O–H groups in total. The number of piperidine rings is 1. The largest absolute Gasteiger partial charge is 0.507 e. The second-order valence-electron chi connectivity index (χ2n) is 8.29. The molecule has 0 bridgehead atoms. The molecule has 1 fully saturated rings. The van der Waals surface area contributed by atoms with E-state index in [9.17, 15) is 14.7 Å². The summed E-state index contributed by atoms with van der Waals surface area (Å²) in [6, 6.07) is 8.45. The average molecular weight is 468 g/mol. The van der Waals surface area contributed by atoms with Crippen molar-refractivity contribution >= 4 is 17.8 Å². The van der Waals surface area contributed by atoms with Gasteiger partial charge in [0.05, 0.1) is 37.9 Å². The number of para-hydroxylation sites is 1. The molecule has 0 spiro atoms. The van der Waals surface area contributed by atoms with Crippen LogP contribution in [0, 0.1) is 5.92 Å². The Hall–Kier alpha value is -3.52. The van der Waals surface area contributed by atoms with E-state index in [1.165, 1.54) is 13.2 Å². The van der Waals surface area contributed by atoms with Gasteiger partial charge in [0, 0.05) is 18.7 Å². The molecule has 34 heavy (non-hydrogen) atoms. The molecule has 8 heteroatoms. The summed E-state index contributed by atoms with van der Waals surface area (Å²) >= 11 is 0. The van der Waals surface area contributed by atoms with Gasteiger partial charge in [0.2, 0.25) is 5.78 Å². The minimum absolute atomic E-state index is 0.0463. The van der Waals surface area contributed by atoms with E-state index in [4.69, 9.17) is 18.9 Å². The van der Waals surface area contributed by atoms with Crippen molar-refractivity contribution in [2.45, 2.75) is 26.3 Å². The first kappa shape index (κ1) is 23.6. The number of nitrogens with zero attached hydrogens (tertiary/aromatic N) is 1. The molecular weight excluding hydrogens is 438 g/mol. The van der Waals surface area contributed by atoms with Gasteiger partial charge < -0.3 is 24.1 Å². The number of ketones is 1. The van der Waals surface area contributed by atoms with Crippen LogP contribution in [0.25, 0.3) is 6.08 Å². The number of methoxy groups -OCH3 is 2. The van der Waals surface area contributed by atoms with Gasteiger partial charge in [-0.3, -0.25) is 14.5 Å². The fourth-order valence-corrected chi connectivity index (χ4v) is 4.49. The third kappa shape index (κ3) is 4.59. The van der Waals surface area contributed by atoms with E-state index in [-0.39, 0.29) is 29.2 Å². The van der Waals surface area contributed by atoms with Crippen molar-refractivity contribution in [2.24, 2.45) is 5.92 Å². The second kappa shape index (κ2) is 10.2. The first-order valence-corrected chi connectivity index (χ1v) is 11.4. The zero-order valence-corrected chi connectivity index (χ0v) is 19.6. The lowest BCUT2D eigenvalue weighted by molar-refractivity contribution is -0.150. The maximum Gasteiger partial charge on any atom is 0.310 e. The number of phenolic OH excluding ortho intramolecular Hbond substituents is 1. The highest BCUT2D eigenvalue weighted by Crippen LogP contribution is 2.41. The van der Waals surface area contributed by atoms with Crippen LogP contribution in [0.4, 0.5) is 0 Å². The number of esters is 1. The van der Waals surface area contributed by atoms with Gasteiger partial charge in [-0.2, -0.15) is 0 Å². The van der Waals surface area contributed by atoms with Gasteiger partial charge in [-0.15, -0.1) is 0 Å². The number of carbonyl (C=O) groups is 2. The number of rotatable bonds is 7. The lowest BCUT2D eigenvalue weighted by atomic mass is 9.97. The van der Waals surface area contributed by atoms with Crippen molar-refractivity contribution in [1.82, 2.24) is 4.90 Å². The second-order valence-corrected chi connectivity index (χ2v) is 8.29. The number of likely N-dealkylation sites (tertiary alicyclic amines) is 1. The number of hydrogen-bond donors (Lipinski definition) is 1. The number of hydrogen-bond acceptors (Lipinski definition) is 8. The van der Waals surface area contributed by atoms with Crippen molar-refractivity contribution in [3.8, 4) is 23.0 Å².